The molecule has 196 valence electrons. The van der Waals surface area contributed by atoms with Crippen molar-refractivity contribution in [1.29, 1.82) is 0 Å². The first-order chi connectivity index (χ1) is 17.7. The van der Waals surface area contributed by atoms with Gasteiger partial charge in [0.05, 0.1) is 5.56 Å². The lowest BCUT2D eigenvalue weighted by atomic mass is 9.85. The molecule has 1 heterocycles. The van der Waals surface area contributed by atoms with E-state index in [2.05, 4.69) is 36.6 Å². The number of allylic oxidation sites excluding steroid dienone is 4. The van der Waals surface area contributed by atoms with Crippen molar-refractivity contribution in [3.05, 3.63) is 77.1 Å². The first-order valence-corrected chi connectivity index (χ1v) is 15.9. The van der Waals surface area contributed by atoms with Gasteiger partial charge in [0.25, 0.3) is 10.0 Å². The molecule has 0 saturated heterocycles. The molecule has 0 radical (unpaired) electrons. The number of rotatable bonds is 6. The zero-order chi connectivity index (χ0) is 26.3. The molecule has 1 atom stereocenters. The molecule has 3 aliphatic carbocycles. The Bertz CT molecular complexity index is 1490. The maximum Gasteiger partial charge on any atom is 0.343 e. The van der Waals surface area contributed by atoms with E-state index in [1.54, 1.807) is 18.2 Å². The largest absolute Gasteiger partial charge is 0.507 e. The van der Waals surface area contributed by atoms with Crippen LogP contribution in [0.2, 0.25) is 0 Å². The predicted octanol–water partition coefficient (Wildman–Crippen LogP) is 6.95. The minimum atomic E-state index is -3.93. The summed E-state index contributed by atoms with van der Waals surface area (Å²) in [6, 6.07) is 7.04. The molecule has 6 nitrogen and oxygen atoms in total. The van der Waals surface area contributed by atoms with Gasteiger partial charge in [0.1, 0.15) is 16.4 Å². The van der Waals surface area contributed by atoms with Gasteiger partial charge < -0.3 is 9.52 Å². The molecule has 37 heavy (non-hydrogen) atoms. The smallest absolute Gasteiger partial charge is 0.343 e. The van der Waals surface area contributed by atoms with Crippen LogP contribution in [-0.2, 0) is 22.9 Å². The SMILES string of the molecule is O=c1oc2c(c(O)c1C(c1cccc(NS(=O)(=O)C3=CC(Br)=C(Br)CC3=S)c1)C1CC1)CCCCCC2. The van der Waals surface area contributed by atoms with E-state index in [0.717, 1.165) is 54.1 Å². The number of fused-ring (bicyclic) bond motifs is 1. The number of benzene rings is 1. The van der Waals surface area contributed by atoms with E-state index in [-0.39, 0.29) is 28.1 Å². The number of aryl methyl sites for hydroxylation is 1. The number of nitrogens with one attached hydrogen (secondary N) is 1. The van der Waals surface area contributed by atoms with Crippen LogP contribution in [0.5, 0.6) is 5.75 Å². The third-order valence-corrected chi connectivity index (χ3v) is 11.1. The fourth-order valence-corrected chi connectivity index (χ4v) is 8.04. The van der Waals surface area contributed by atoms with E-state index >= 15 is 0 Å². The highest BCUT2D eigenvalue weighted by Gasteiger charge is 2.38. The van der Waals surface area contributed by atoms with E-state index in [0.29, 0.717) is 40.1 Å². The minimum absolute atomic E-state index is 0.0432. The molecule has 1 fully saturated rings. The van der Waals surface area contributed by atoms with Crippen LogP contribution in [0, 0.1) is 5.92 Å². The van der Waals surface area contributed by atoms with Gasteiger partial charge in [-0.1, -0.05) is 53.1 Å². The van der Waals surface area contributed by atoms with Crippen molar-refractivity contribution >= 4 is 64.7 Å². The fraction of sp³-hybridized carbons (Fsp3) is 0.407. The van der Waals surface area contributed by atoms with Gasteiger partial charge in [-0.15, -0.1) is 0 Å². The molecular weight excluding hydrogens is 642 g/mol. The maximum atomic E-state index is 13.2. The van der Waals surface area contributed by atoms with E-state index in [1.807, 2.05) is 6.07 Å². The molecule has 10 heteroatoms. The third kappa shape index (κ3) is 5.67. The molecule has 1 saturated carbocycles. The molecule has 1 unspecified atom stereocenters. The van der Waals surface area contributed by atoms with Gasteiger partial charge in [-0.05, 0) is 77.7 Å². The quantitative estimate of drug-likeness (QED) is 0.324. The van der Waals surface area contributed by atoms with Gasteiger partial charge >= 0.3 is 5.63 Å². The molecular formula is C27H27Br2NO5S2. The van der Waals surface area contributed by atoms with Crippen LogP contribution in [0.25, 0.3) is 0 Å². The molecule has 0 spiro atoms. The zero-order valence-electron chi connectivity index (χ0n) is 20.1. The molecule has 1 aromatic heterocycles. The maximum absolute atomic E-state index is 13.2. The Kier molecular flexibility index (Phi) is 7.82. The summed E-state index contributed by atoms with van der Waals surface area (Å²) in [5.74, 6) is 0.459. The molecule has 2 aromatic rings. The third-order valence-electron chi connectivity index (χ3n) is 7.19. The number of hydrogen-bond acceptors (Lipinski definition) is 6. The summed E-state index contributed by atoms with van der Waals surface area (Å²) in [5.41, 5.74) is 1.67. The second-order valence-corrected chi connectivity index (χ2v) is 13.8. The number of halogens is 2. The lowest BCUT2D eigenvalue weighted by Crippen LogP contribution is -2.22. The molecule has 0 bridgehead atoms. The minimum Gasteiger partial charge on any atom is -0.507 e. The van der Waals surface area contributed by atoms with Gasteiger partial charge in [0.2, 0.25) is 0 Å². The van der Waals surface area contributed by atoms with Crippen LogP contribution in [0.1, 0.15) is 73.3 Å². The summed E-state index contributed by atoms with van der Waals surface area (Å²) >= 11 is 12.1. The summed E-state index contributed by atoms with van der Waals surface area (Å²) in [6.45, 7) is 0. The van der Waals surface area contributed by atoms with Crippen LogP contribution < -0.4 is 10.3 Å². The van der Waals surface area contributed by atoms with Gasteiger partial charge in [0.15, 0.2) is 0 Å². The molecule has 3 aliphatic rings. The Morgan fingerprint density at radius 3 is 2.57 bits per heavy atom. The highest BCUT2D eigenvalue weighted by molar-refractivity contribution is 9.14. The summed E-state index contributed by atoms with van der Waals surface area (Å²) in [5, 5.41) is 11.3. The summed E-state index contributed by atoms with van der Waals surface area (Å²) < 4.78 is 36.3. The van der Waals surface area contributed by atoms with E-state index < -0.39 is 15.6 Å². The van der Waals surface area contributed by atoms with Crippen LogP contribution in [0.4, 0.5) is 5.69 Å². The number of hydrogen-bond donors (Lipinski definition) is 2. The van der Waals surface area contributed by atoms with Gasteiger partial charge in [-0.2, -0.15) is 0 Å². The van der Waals surface area contributed by atoms with Crippen LogP contribution in [0.15, 0.2) is 53.4 Å². The fourth-order valence-electron chi connectivity index (χ4n) is 5.22. The molecule has 0 aliphatic heterocycles. The van der Waals surface area contributed by atoms with Crippen molar-refractivity contribution < 1.29 is 17.9 Å². The highest BCUT2D eigenvalue weighted by atomic mass is 79.9. The number of aromatic hydroxyl groups is 1. The van der Waals surface area contributed by atoms with Crippen molar-refractivity contribution in [3.8, 4) is 5.75 Å². The Morgan fingerprint density at radius 1 is 1.11 bits per heavy atom. The predicted molar refractivity (Wildman–Crippen MR) is 156 cm³/mol. The van der Waals surface area contributed by atoms with Crippen molar-refractivity contribution in [2.75, 3.05) is 4.72 Å². The normalized spacial score (nSPS) is 19.5. The monoisotopic (exact) mass is 667 g/mol. The average Bonchev–Trinajstić information content (AvgIpc) is 3.65. The first kappa shape index (κ1) is 26.8. The van der Waals surface area contributed by atoms with Crippen LogP contribution >= 0.6 is 44.1 Å². The van der Waals surface area contributed by atoms with E-state index in [1.165, 1.54) is 6.08 Å². The van der Waals surface area contributed by atoms with E-state index in [4.69, 9.17) is 16.6 Å². The second kappa shape index (κ2) is 10.8. The molecule has 0 amide bonds. The number of thiocarbonyl (C=S) groups is 1. The number of anilines is 1. The zero-order valence-corrected chi connectivity index (χ0v) is 24.9. The molecule has 1 aromatic carbocycles. The summed E-state index contributed by atoms with van der Waals surface area (Å²) in [6.07, 6.45) is 9.06. The second-order valence-electron chi connectivity index (χ2n) is 9.88. The standard InChI is InChI=1S/C27H27Br2NO5S2/c28-19-13-22(36)23(14-20(19)29)37(33,34)30-17-7-5-6-16(12-17)24(15-10-11-15)25-26(31)18-8-3-1-2-4-9-21(18)35-27(25)32/h5-7,12,14-15,24,30-31H,1-4,8-11,13H2. The van der Waals surface area contributed by atoms with Crippen molar-refractivity contribution in [1.82, 2.24) is 0 Å². The Labute approximate surface area is 238 Å². The van der Waals surface area contributed by atoms with Crippen molar-refractivity contribution in [3.63, 3.8) is 0 Å². The van der Waals surface area contributed by atoms with Gasteiger partial charge in [0, 0.05) is 43.8 Å². The van der Waals surface area contributed by atoms with Gasteiger partial charge in [-0.25, -0.2) is 13.2 Å². The highest BCUT2D eigenvalue weighted by Crippen LogP contribution is 2.49. The average molecular weight is 669 g/mol. The summed E-state index contributed by atoms with van der Waals surface area (Å²) in [4.78, 5) is 13.6. The molecule has 5 rings (SSSR count). The lowest BCUT2D eigenvalue weighted by molar-refractivity contribution is 0.382. The van der Waals surface area contributed by atoms with Crippen LogP contribution in [-0.4, -0.2) is 18.4 Å². The topological polar surface area (TPSA) is 96.6 Å². The Morgan fingerprint density at radius 2 is 1.84 bits per heavy atom. The Balaban J connectivity index is 1.51. The first-order valence-electron chi connectivity index (χ1n) is 12.4. The van der Waals surface area contributed by atoms with Crippen molar-refractivity contribution in [2.24, 2.45) is 5.92 Å². The van der Waals surface area contributed by atoms with E-state index in [9.17, 15) is 18.3 Å². The Hall–Kier alpha value is -1.75. The van der Waals surface area contributed by atoms with Crippen LogP contribution in [0.3, 0.4) is 0 Å². The van der Waals surface area contributed by atoms with Gasteiger partial charge in [-0.3, -0.25) is 4.72 Å². The number of sulfonamides is 1. The lowest BCUT2D eigenvalue weighted by Gasteiger charge is -2.22. The molecule has 2 N–H and O–H groups in total. The summed E-state index contributed by atoms with van der Waals surface area (Å²) in [7, 11) is -3.93. The van der Waals surface area contributed by atoms with Crippen molar-refractivity contribution in [2.45, 2.75) is 63.7 Å².